The third-order valence-corrected chi connectivity index (χ3v) is 1.81. The van der Waals surface area contributed by atoms with Gasteiger partial charge in [0.05, 0.1) is 19.1 Å². The van der Waals surface area contributed by atoms with E-state index in [2.05, 4.69) is 4.74 Å². The molecule has 0 aromatic heterocycles. The highest BCUT2D eigenvalue weighted by Crippen LogP contribution is 2.16. The van der Waals surface area contributed by atoms with Gasteiger partial charge in [0.15, 0.2) is 0 Å². The highest BCUT2D eigenvalue weighted by Gasteiger charge is 2.24. The first-order valence-electron chi connectivity index (χ1n) is 4.25. The van der Waals surface area contributed by atoms with Crippen LogP contribution in [0.3, 0.4) is 0 Å². The Morgan fingerprint density at radius 2 is 1.92 bits per heavy atom. The summed E-state index contributed by atoms with van der Waals surface area (Å²) in [5, 5.41) is 9.26. The van der Waals surface area contributed by atoms with Crippen molar-refractivity contribution in [3.05, 3.63) is 0 Å². The second kappa shape index (κ2) is 5.14. The first-order chi connectivity index (χ1) is 5.49. The summed E-state index contributed by atoms with van der Waals surface area (Å²) in [6, 6.07) is 0. The van der Waals surface area contributed by atoms with Gasteiger partial charge in [0.25, 0.3) is 0 Å². The van der Waals surface area contributed by atoms with Crippen LogP contribution in [-0.4, -0.2) is 24.3 Å². The number of hydrogen-bond acceptors (Lipinski definition) is 3. The molecule has 0 saturated heterocycles. The average molecular weight is 174 g/mol. The van der Waals surface area contributed by atoms with Crippen LogP contribution >= 0.6 is 0 Å². The van der Waals surface area contributed by atoms with E-state index >= 15 is 0 Å². The molecule has 0 aliphatic rings. The summed E-state index contributed by atoms with van der Waals surface area (Å²) in [5.74, 6) is -0.308. The number of hydrogen-bond donors (Lipinski definition) is 1. The van der Waals surface area contributed by atoms with Crippen LogP contribution in [0.5, 0.6) is 0 Å². The highest BCUT2D eigenvalue weighted by atomic mass is 16.5. The zero-order valence-electron chi connectivity index (χ0n) is 8.20. The third kappa shape index (κ3) is 3.72. The first kappa shape index (κ1) is 11.4. The number of rotatable bonds is 4. The first-order valence-corrected chi connectivity index (χ1v) is 4.25. The molecule has 3 heteroatoms. The molecule has 0 fully saturated rings. The van der Waals surface area contributed by atoms with Crippen LogP contribution < -0.4 is 0 Å². The molecule has 0 aliphatic heterocycles. The Morgan fingerprint density at radius 3 is 2.17 bits per heavy atom. The molecule has 0 bridgehead atoms. The smallest absolute Gasteiger partial charge is 0.311 e. The van der Waals surface area contributed by atoms with Crippen molar-refractivity contribution in [1.82, 2.24) is 0 Å². The fraction of sp³-hybridized carbons (Fsp3) is 0.889. The minimum Gasteiger partial charge on any atom is -0.469 e. The minimum atomic E-state index is -0.625. The van der Waals surface area contributed by atoms with Crippen molar-refractivity contribution in [2.24, 2.45) is 11.8 Å². The lowest BCUT2D eigenvalue weighted by molar-refractivity contribution is -0.149. The zero-order chi connectivity index (χ0) is 9.72. The van der Waals surface area contributed by atoms with E-state index in [1.165, 1.54) is 7.11 Å². The third-order valence-electron chi connectivity index (χ3n) is 1.81. The molecule has 0 radical (unpaired) electrons. The van der Waals surface area contributed by atoms with Crippen LogP contribution in [0.25, 0.3) is 0 Å². The maximum Gasteiger partial charge on any atom is 0.311 e. The summed E-state index contributed by atoms with van der Waals surface area (Å²) < 4.78 is 4.58. The molecule has 2 atom stereocenters. The zero-order valence-corrected chi connectivity index (χ0v) is 8.20. The summed E-state index contributed by atoms with van der Waals surface area (Å²) in [7, 11) is 1.35. The SMILES string of the molecule is COC(=O)[C@H](CC(C)C)[C@@H](C)O. The fourth-order valence-corrected chi connectivity index (χ4v) is 1.15. The maximum atomic E-state index is 11.1. The van der Waals surface area contributed by atoms with Crippen molar-refractivity contribution in [3.63, 3.8) is 0 Å². The van der Waals surface area contributed by atoms with Gasteiger partial charge in [-0.3, -0.25) is 4.79 Å². The molecule has 0 amide bonds. The predicted octanol–water partition coefficient (Wildman–Crippen LogP) is 1.20. The van der Waals surface area contributed by atoms with Crippen molar-refractivity contribution in [3.8, 4) is 0 Å². The molecule has 12 heavy (non-hydrogen) atoms. The molecule has 0 saturated carbocycles. The average Bonchev–Trinajstić information content (AvgIpc) is 1.98. The number of carbonyl (C=O) groups excluding carboxylic acids is 1. The number of ether oxygens (including phenoxy) is 1. The van der Waals surface area contributed by atoms with Gasteiger partial charge in [-0.2, -0.15) is 0 Å². The second-order valence-corrected chi connectivity index (χ2v) is 3.50. The quantitative estimate of drug-likeness (QED) is 0.651. The molecule has 0 aromatic rings. The molecule has 0 heterocycles. The molecule has 0 aliphatic carbocycles. The number of aliphatic hydroxyl groups is 1. The molecule has 0 unspecified atom stereocenters. The molecule has 0 rings (SSSR count). The van der Waals surface area contributed by atoms with E-state index < -0.39 is 6.10 Å². The van der Waals surface area contributed by atoms with Crippen molar-refractivity contribution in [2.45, 2.75) is 33.3 Å². The predicted molar refractivity (Wildman–Crippen MR) is 46.6 cm³/mol. The van der Waals surface area contributed by atoms with Crippen LogP contribution in [0, 0.1) is 11.8 Å². The second-order valence-electron chi connectivity index (χ2n) is 3.50. The Morgan fingerprint density at radius 1 is 1.42 bits per heavy atom. The van der Waals surface area contributed by atoms with Gasteiger partial charge in [0.1, 0.15) is 0 Å². The van der Waals surface area contributed by atoms with Gasteiger partial charge in [0.2, 0.25) is 0 Å². The topological polar surface area (TPSA) is 46.5 Å². The number of methoxy groups -OCH3 is 1. The van der Waals surface area contributed by atoms with Crippen molar-refractivity contribution in [1.29, 1.82) is 0 Å². The Balaban J connectivity index is 4.13. The van der Waals surface area contributed by atoms with Crippen molar-refractivity contribution in [2.75, 3.05) is 7.11 Å². The minimum absolute atomic E-state index is 0.321. The molecule has 3 nitrogen and oxygen atoms in total. The normalized spacial score (nSPS) is 15.8. The maximum absolute atomic E-state index is 11.1. The summed E-state index contributed by atoms with van der Waals surface area (Å²) in [6.45, 7) is 5.64. The number of esters is 1. The van der Waals surface area contributed by atoms with Crippen LogP contribution in [0.2, 0.25) is 0 Å². The Kier molecular flexibility index (Phi) is 4.90. The van der Waals surface area contributed by atoms with Gasteiger partial charge in [-0.05, 0) is 19.3 Å². The lowest BCUT2D eigenvalue weighted by atomic mass is 9.93. The van der Waals surface area contributed by atoms with Crippen molar-refractivity contribution < 1.29 is 14.6 Å². The number of aliphatic hydroxyl groups excluding tert-OH is 1. The Labute approximate surface area is 73.7 Å². The van der Waals surface area contributed by atoms with E-state index in [4.69, 9.17) is 0 Å². The van der Waals surface area contributed by atoms with E-state index in [1.807, 2.05) is 13.8 Å². The van der Waals surface area contributed by atoms with Crippen LogP contribution in [-0.2, 0) is 9.53 Å². The van der Waals surface area contributed by atoms with E-state index in [0.717, 1.165) is 0 Å². The van der Waals surface area contributed by atoms with Gasteiger partial charge in [-0.25, -0.2) is 0 Å². The fourth-order valence-electron chi connectivity index (χ4n) is 1.15. The van der Waals surface area contributed by atoms with E-state index in [1.54, 1.807) is 6.92 Å². The van der Waals surface area contributed by atoms with Gasteiger partial charge in [0, 0.05) is 0 Å². The lowest BCUT2D eigenvalue weighted by Gasteiger charge is -2.18. The largest absolute Gasteiger partial charge is 0.469 e. The summed E-state index contributed by atoms with van der Waals surface area (Å²) in [6.07, 6.45) is 0.0458. The standard InChI is InChI=1S/C9H18O3/c1-6(2)5-8(7(3)10)9(11)12-4/h6-8,10H,5H2,1-4H3/t7-,8-/m1/s1. The molecule has 72 valence electrons. The Hall–Kier alpha value is -0.570. The highest BCUT2D eigenvalue weighted by molar-refractivity contribution is 5.72. The van der Waals surface area contributed by atoms with Crippen LogP contribution in [0.4, 0.5) is 0 Å². The molecular formula is C9H18O3. The Bertz CT molecular complexity index is 141. The van der Waals surface area contributed by atoms with Crippen LogP contribution in [0.15, 0.2) is 0 Å². The summed E-state index contributed by atoms with van der Waals surface area (Å²) in [4.78, 5) is 11.1. The monoisotopic (exact) mass is 174 g/mol. The van der Waals surface area contributed by atoms with Gasteiger partial charge in [-0.1, -0.05) is 13.8 Å². The molecule has 0 aromatic carbocycles. The molecule has 1 N–H and O–H groups in total. The van der Waals surface area contributed by atoms with Gasteiger partial charge < -0.3 is 9.84 Å². The van der Waals surface area contributed by atoms with E-state index in [9.17, 15) is 9.90 Å². The molecule has 0 spiro atoms. The van der Waals surface area contributed by atoms with Crippen molar-refractivity contribution >= 4 is 5.97 Å². The summed E-state index contributed by atoms with van der Waals surface area (Å²) >= 11 is 0. The summed E-state index contributed by atoms with van der Waals surface area (Å²) in [5.41, 5.74) is 0. The van der Waals surface area contributed by atoms with Gasteiger partial charge >= 0.3 is 5.97 Å². The van der Waals surface area contributed by atoms with E-state index in [-0.39, 0.29) is 11.9 Å². The van der Waals surface area contributed by atoms with E-state index in [0.29, 0.717) is 12.3 Å². The van der Waals surface area contributed by atoms with Gasteiger partial charge in [-0.15, -0.1) is 0 Å². The molecular weight excluding hydrogens is 156 g/mol. The number of carbonyl (C=O) groups is 1. The van der Waals surface area contributed by atoms with Crippen LogP contribution in [0.1, 0.15) is 27.2 Å². The lowest BCUT2D eigenvalue weighted by Crippen LogP contribution is -2.28.